The number of hydrogen-bond acceptors (Lipinski definition) is 5. The van der Waals surface area contributed by atoms with Crippen LogP contribution in [0.5, 0.6) is 0 Å². The van der Waals surface area contributed by atoms with Crippen molar-refractivity contribution in [2.75, 3.05) is 5.32 Å². The predicted molar refractivity (Wildman–Crippen MR) is 71.6 cm³/mol. The second-order valence-electron chi connectivity index (χ2n) is 3.95. The van der Waals surface area contributed by atoms with Crippen molar-refractivity contribution in [1.29, 1.82) is 0 Å². The van der Waals surface area contributed by atoms with E-state index in [9.17, 15) is 8.78 Å². The molecule has 9 heteroatoms. The summed E-state index contributed by atoms with van der Waals surface area (Å²) in [5, 5.41) is 2.69. The Morgan fingerprint density at radius 2 is 1.95 bits per heavy atom. The molecule has 1 N–H and O–H groups in total. The van der Waals surface area contributed by atoms with Gasteiger partial charge in [0, 0.05) is 24.1 Å². The fourth-order valence-corrected chi connectivity index (χ4v) is 1.75. The van der Waals surface area contributed by atoms with Crippen molar-refractivity contribution in [2.45, 2.75) is 0 Å². The van der Waals surface area contributed by atoms with Gasteiger partial charge in [-0.2, -0.15) is 15.0 Å². The van der Waals surface area contributed by atoms with E-state index in [4.69, 9.17) is 11.6 Å². The minimum absolute atomic E-state index is 0.0428. The van der Waals surface area contributed by atoms with Gasteiger partial charge < -0.3 is 5.32 Å². The summed E-state index contributed by atoms with van der Waals surface area (Å²) in [5.74, 6) is -1.56. The van der Waals surface area contributed by atoms with Gasteiger partial charge in [0.05, 0.1) is 0 Å². The monoisotopic (exact) mass is 308 g/mol. The molecule has 0 bridgehead atoms. The van der Waals surface area contributed by atoms with Gasteiger partial charge in [0.1, 0.15) is 6.33 Å². The molecule has 0 aliphatic heterocycles. The molecule has 0 aliphatic carbocycles. The molecule has 0 saturated carbocycles. The van der Waals surface area contributed by atoms with Crippen molar-refractivity contribution in [3.8, 4) is 5.95 Å². The summed E-state index contributed by atoms with van der Waals surface area (Å²) in [6.45, 7) is 0. The Morgan fingerprint density at radius 1 is 1.10 bits per heavy atom. The van der Waals surface area contributed by atoms with E-state index in [-0.39, 0.29) is 22.9 Å². The van der Waals surface area contributed by atoms with Gasteiger partial charge in [-0.3, -0.25) is 4.57 Å². The van der Waals surface area contributed by atoms with Crippen molar-refractivity contribution in [3.05, 3.63) is 53.8 Å². The van der Waals surface area contributed by atoms with Gasteiger partial charge in [0.2, 0.25) is 17.2 Å². The quantitative estimate of drug-likeness (QED) is 0.805. The Balaban J connectivity index is 1.93. The van der Waals surface area contributed by atoms with Crippen LogP contribution in [0.25, 0.3) is 5.95 Å². The van der Waals surface area contributed by atoms with Crippen LogP contribution in [0.15, 0.2) is 36.9 Å². The molecule has 0 fully saturated rings. The summed E-state index contributed by atoms with van der Waals surface area (Å²) < 4.78 is 27.6. The van der Waals surface area contributed by atoms with Gasteiger partial charge in [-0.15, -0.1) is 0 Å². The zero-order valence-corrected chi connectivity index (χ0v) is 11.1. The summed E-state index contributed by atoms with van der Waals surface area (Å²) in [5.41, 5.74) is 0.285. The minimum atomic E-state index is -0.977. The summed E-state index contributed by atoms with van der Waals surface area (Å²) in [6, 6.07) is 3.34. The number of benzene rings is 1. The van der Waals surface area contributed by atoms with Crippen molar-refractivity contribution < 1.29 is 8.78 Å². The van der Waals surface area contributed by atoms with E-state index in [1.165, 1.54) is 17.0 Å². The van der Waals surface area contributed by atoms with E-state index in [2.05, 4.69) is 25.3 Å². The number of imidazole rings is 1. The molecular weight excluding hydrogens is 302 g/mol. The lowest BCUT2D eigenvalue weighted by Gasteiger charge is -2.07. The Hall–Kier alpha value is -2.61. The van der Waals surface area contributed by atoms with Gasteiger partial charge in [-0.05, 0) is 23.7 Å². The molecule has 21 heavy (non-hydrogen) atoms. The molecule has 1 aromatic carbocycles. The van der Waals surface area contributed by atoms with Gasteiger partial charge in [-0.1, -0.05) is 0 Å². The third kappa shape index (κ3) is 2.95. The SMILES string of the molecule is Fc1ccc(Nc2nc(Cl)nc(-n3ccnc3)n2)cc1F. The molecular formula is C12H7ClF2N6. The molecule has 0 amide bonds. The standard InChI is InChI=1S/C12H7ClF2N6/c13-10-18-11(17-7-1-2-8(14)9(15)5-7)20-12(19-10)21-4-3-16-6-21/h1-6H,(H,17,18,19,20). The molecule has 3 aromatic rings. The molecule has 0 radical (unpaired) electrons. The maximum atomic E-state index is 13.2. The number of aromatic nitrogens is 5. The molecule has 0 aliphatic rings. The highest BCUT2D eigenvalue weighted by Gasteiger charge is 2.08. The first-order valence-electron chi connectivity index (χ1n) is 5.74. The average Bonchev–Trinajstić information content (AvgIpc) is 2.96. The lowest BCUT2D eigenvalue weighted by atomic mass is 10.3. The zero-order valence-electron chi connectivity index (χ0n) is 10.3. The normalized spacial score (nSPS) is 10.6. The molecule has 0 unspecified atom stereocenters. The first-order valence-corrected chi connectivity index (χ1v) is 6.11. The van der Waals surface area contributed by atoms with E-state index < -0.39 is 11.6 Å². The zero-order chi connectivity index (χ0) is 14.8. The first-order chi connectivity index (χ1) is 10.1. The topological polar surface area (TPSA) is 68.5 Å². The van der Waals surface area contributed by atoms with Crippen molar-refractivity contribution >= 4 is 23.2 Å². The highest BCUT2D eigenvalue weighted by Crippen LogP contribution is 2.18. The first kappa shape index (κ1) is 13.4. The minimum Gasteiger partial charge on any atom is -0.324 e. The maximum Gasteiger partial charge on any atom is 0.241 e. The van der Waals surface area contributed by atoms with E-state index >= 15 is 0 Å². The number of rotatable bonds is 3. The fraction of sp³-hybridized carbons (Fsp3) is 0. The summed E-state index contributed by atoms with van der Waals surface area (Å²) >= 11 is 5.82. The molecule has 2 heterocycles. The van der Waals surface area contributed by atoms with Crippen LogP contribution in [0, 0.1) is 11.6 Å². The molecule has 0 spiro atoms. The van der Waals surface area contributed by atoms with Gasteiger partial charge in [0.15, 0.2) is 11.6 Å². The van der Waals surface area contributed by atoms with Crippen LogP contribution in [0.1, 0.15) is 0 Å². The summed E-state index contributed by atoms with van der Waals surface area (Å²) in [6.07, 6.45) is 4.68. The van der Waals surface area contributed by atoms with E-state index in [1.807, 2.05) is 0 Å². The Labute approximate surface area is 122 Å². The molecule has 106 valence electrons. The predicted octanol–water partition coefficient (Wildman–Crippen LogP) is 2.73. The molecule has 0 atom stereocenters. The second kappa shape index (κ2) is 5.41. The third-order valence-electron chi connectivity index (χ3n) is 2.51. The number of nitrogens with one attached hydrogen (secondary N) is 1. The Kier molecular flexibility index (Phi) is 3.44. The van der Waals surface area contributed by atoms with Gasteiger partial charge >= 0.3 is 0 Å². The highest BCUT2D eigenvalue weighted by atomic mass is 35.5. The fourth-order valence-electron chi connectivity index (χ4n) is 1.59. The lowest BCUT2D eigenvalue weighted by Crippen LogP contribution is -2.05. The van der Waals surface area contributed by atoms with Gasteiger partial charge in [-0.25, -0.2) is 13.8 Å². The summed E-state index contributed by atoms with van der Waals surface area (Å²) in [7, 11) is 0. The van der Waals surface area contributed by atoms with Crippen molar-refractivity contribution in [1.82, 2.24) is 24.5 Å². The van der Waals surface area contributed by atoms with E-state index in [0.29, 0.717) is 0 Å². The van der Waals surface area contributed by atoms with Crippen LogP contribution in [-0.2, 0) is 0 Å². The van der Waals surface area contributed by atoms with Crippen LogP contribution in [0.2, 0.25) is 5.28 Å². The van der Waals surface area contributed by atoms with E-state index in [0.717, 1.165) is 12.1 Å². The Bertz CT molecular complexity index is 777. The number of anilines is 2. The molecule has 3 rings (SSSR count). The Morgan fingerprint density at radius 3 is 2.67 bits per heavy atom. The van der Waals surface area contributed by atoms with Crippen LogP contribution < -0.4 is 5.32 Å². The average molecular weight is 309 g/mol. The molecule has 2 aromatic heterocycles. The van der Waals surface area contributed by atoms with Crippen LogP contribution in [0.3, 0.4) is 0 Å². The molecule has 0 saturated heterocycles. The number of nitrogens with zero attached hydrogens (tertiary/aromatic N) is 5. The largest absolute Gasteiger partial charge is 0.324 e. The number of hydrogen-bond donors (Lipinski definition) is 1. The second-order valence-corrected chi connectivity index (χ2v) is 4.29. The van der Waals surface area contributed by atoms with Crippen LogP contribution >= 0.6 is 11.6 Å². The van der Waals surface area contributed by atoms with Crippen molar-refractivity contribution in [3.63, 3.8) is 0 Å². The highest BCUT2D eigenvalue weighted by molar-refractivity contribution is 6.28. The van der Waals surface area contributed by atoms with E-state index in [1.54, 1.807) is 12.4 Å². The van der Waals surface area contributed by atoms with Crippen LogP contribution in [0.4, 0.5) is 20.4 Å². The smallest absolute Gasteiger partial charge is 0.241 e. The van der Waals surface area contributed by atoms with Crippen LogP contribution in [-0.4, -0.2) is 24.5 Å². The molecule has 6 nitrogen and oxygen atoms in total. The summed E-state index contributed by atoms with van der Waals surface area (Å²) in [4.78, 5) is 15.8. The maximum absolute atomic E-state index is 13.2. The van der Waals surface area contributed by atoms with Crippen molar-refractivity contribution in [2.24, 2.45) is 0 Å². The lowest BCUT2D eigenvalue weighted by molar-refractivity contribution is 0.509. The third-order valence-corrected chi connectivity index (χ3v) is 2.68. The number of halogens is 3. The van der Waals surface area contributed by atoms with Gasteiger partial charge in [0.25, 0.3) is 0 Å².